The van der Waals surface area contributed by atoms with Gasteiger partial charge >= 0.3 is 21.7 Å². The van der Waals surface area contributed by atoms with Crippen LogP contribution in [0.3, 0.4) is 0 Å². The van der Waals surface area contributed by atoms with Gasteiger partial charge in [0.15, 0.2) is 0 Å². The van der Waals surface area contributed by atoms with Crippen LogP contribution in [0, 0.1) is 0 Å². The molecule has 0 radical (unpaired) electrons. The van der Waals surface area contributed by atoms with E-state index in [1.165, 1.54) is 48.2 Å². The molecule has 0 aliphatic carbocycles. The van der Waals surface area contributed by atoms with Gasteiger partial charge in [-0.1, -0.05) is 103 Å². The SMILES string of the molecule is [Ti+2].c1ccc(P(c2ccccc2)c2cc3ccccc3[cH-]2)cc1.c1ccc2c(c1)[cH-]c1ccccc12. The van der Waals surface area contributed by atoms with E-state index < -0.39 is 7.92 Å². The van der Waals surface area contributed by atoms with Crippen LogP contribution in [0.2, 0.25) is 0 Å². The largest absolute Gasteiger partial charge is 2.00 e. The Morgan fingerprint density at radius 3 is 1.39 bits per heavy atom. The Morgan fingerprint density at radius 1 is 0.417 bits per heavy atom. The maximum atomic E-state index is 2.35. The van der Waals surface area contributed by atoms with Crippen molar-refractivity contribution in [1.29, 1.82) is 0 Å². The third kappa shape index (κ3) is 4.99. The molecule has 7 rings (SSSR count). The summed E-state index contributed by atoms with van der Waals surface area (Å²) in [7, 11) is -0.493. The third-order valence-electron chi connectivity index (χ3n) is 6.41. The first-order valence-electron chi connectivity index (χ1n) is 12.0. The van der Waals surface area contributed by atoms with E-state index >= 15 is 0 Å². The zero-order valence-corrected chi connectivity index (χ0v) is 22.3. The van der Waals surface area contributed by atoms with Gasteiger partial charge in [-0.15, -0.1) is 80.1 Å². The first kappa shape index (κ1) is 24.4. The fourth-order valence-corrected chi connectivity index (χ4v) is 7.14. The summed E-state index contributed by atoms with van der Waals surface area (Å²) in [4.78, 5) is 0. The maximum absolute atomic E-state index is 2.35. The van der Waals surface area contributed by atoms with Crippen LogP contribution in [-0.2, 0) is 21.7 Å². The summed E-state index contributed by atoms with van der Waals surface area (Å²) in [5.74, 6) is 0. The van der Waals surface area contributed by atoms with Gasteiger partial charge in [0, 0.05) is 0 Å². The Labute approximate surface area is 228 Å². The molecule has 0 saturated heterocycles. The predicted octanol–water partition coefficient (Wildman–Crippen LogP) is 8.03. The second kappa shape index (κ2) is 11.2. The molecule has 0 N–H and O–H groups in total. The minimum absolute atomic E-state index is 0. The minimum Gasteiger partial charge on any atom is -0.160 e. The molecule has 0 heterocycles. The summed E-state index contributed by atoms with van der Waals surface area (Å²) in [6.07, 6.45) is 0. The molecule has 0 atom stereocenters. The van der Waals surface area contributed by atoms with E-state index in [4.69, 9.17) is 0 Å². The molecule has 2 heteroatoms. The summed E-state index contributed by atoms with van der Waals surface area (Å²) in [5, 5.41) is 12.3. The number of benzene rings is 5. The molecule has 0 aliphatic rings. The van der Waals surface area contributed by atoms with E-state index in [1.807, 2.05) is 0 Å². The number of rotatable bonds is 3. The van der Waals surface area contributed by atoms with Gasteiger partial charge in [-0.25, -0.2) is 0 Å². The predicted molar refractivity (Wildman–Crippen MR) is 155 cm³/mol. The summed E-state index contributed by atoms with van der Waals surface area (Å²) in [6, 6.07) is 54.3. The van der Waals surface area contributed by atoms with Crippen molar-refractivity contribution >= 4 is 56.2 Å². The molecule has 0 nitrogen and oxygen atoms in total. The molecule has 0 spiro atoms. The van der Waals surface area contributed by atoms with Gasteiger partial charge in [0.1, 0.15) is 0 Å². The monoisotopic (exact) mass is 512 g/mol. The van der Waals surface area contributed by atoms with Crippen molar-refractivity contribution in [2.75, 3.05) is 0 Å². The van der Waals surface area contributed by atoms with Crippen molar-refractivity contribution in [1.82, 2.24) is 0 Å². The van der Waals surface area contributed by atoms with Crippen molar-refractivity contribution in [3.8, 4) is 0 Å². The Morgan fingerprint density at radius 2 is 0.861 bits per heavy atom. The average molecular weight is 512 g/mol. The van der Waals surface area contributed by atoms with Crippen LogP contribution in [-0.4, -0.2) is 0 Å². The molecule has 0 aliphatic heterocycles. The van der Waals surface area contributed by atoms with Crippen molar-refractivity contribution in [3.63, 3.8) is 0 Å². The second-order valence-electron chi connectivity index (χ2n) is 8.67. The number of fused-ring (bicyclic) bond motifs is 4. The van der Waals surface area contributed by atoms with E-state index in [1.54, 1.807) is 0 Å². The quantitative estimate of drug-likeness (QED) is 0.128. The fraction of sp³-hybridized carbons (Fsp3) is 0. The van der Waals surface area contributed by atoms with Gasteiger partial charge in [-0.3, -0.25) is 0 Å². The van der Waals surface area contributed by atoms with Crippen molar-refractivity contribution in [2.24, 2.45) is 0 Å². The number of hydrogen-bond donors (Lipinski definition) is 0. The number of hydrogen-bond acceptors (Lipinski definition) is 0. The van der Waals surface area contributed by atoms with Crippen LogP contribution in [0.5, 0.6) is 0 Å². The van der Waals surface area contributed by atoms with Crippen LogP contribution in [0.15, 0.2) is 152 Å². The van der Waals surface area contributed by atoms with Crippen LogP contribution < -0.4 is 15.9 Å². The molecule has 7 aromatic rings. The van der Waals surface area contributed by atoms with E-state index in [2.05, 4.69) is 152 Å². The topological polar surface area (TPSA) is 0 Å². The smallest absolute Gasteiger partial charge is 0.160 e. The molecule has 0 fully saturated rings. The summed E-state index contributed by atoms with van der Waals surface area (Å²) >= 11 is 0. The zero-order chi connectivity index (χ0) is 23.5. The van der Waals surface area contributed by atoms with E-state index in [-0.39, 0.29) is 21.7 Å². The Hall–Kier alpha value is -3.28. The first-order chi connectivity index (χ1) is 17.4. The van der Waals surface area contributed by atoms with Gasteiger partial charge in [0.05, 0.1) is 0 Å². The molecule has 36 heavy (non-hydrogen) atoms. The molecule has 0 bridgehead atoms. The van der Waals surface area contributed by atoms with Crippen LogP contribution in [0.4, 0.5) is 0 Å². The van der Waals surface area contributed by atoms with E-state index in [9.17, 15) is 0 Å². The summed E-state index contributed by atoms with van der Waals surface area (Å²) in [6.45, 7) is 0. The Bertz CT molecular complexity index is 1570. The normalized spacial score (nSPS) is 10.8. The average Bonchev–Trinajstić information content (AvgIpc) is 3.52. The van der Waals surface area contributed by atoms with Crippen LogP contribution in [0.25, 0.3) is 32.3 Å². The molecule has 0 saturated carbocycles. The molecule has 170 valence electrons. The summed E-state index contributed by atoms with van der Waals surface area (Å²) in [5.41, 5.74) is 0. The third-order valence-corrected chi connectivity index (χ3v) is 8.82. The van der Waals surface area contributed by atoms with Crippen LogP contribution in [0.1, 0.15) is 0 Å². The van der Waals surface area contributed by atoms with E-state index in [0.29, 0.717) is 0 Å². The molecule has 0 unspecified atom stereocenters. The van der Waals surface area contributed by atoms with Crippen molar-refractivity contribution in [2.45, 2.75) is 0 Å². The molecule has 0 aromatic heterocycles. The van der Waals surface area contributed by atoms with Crippen LogP contribution >= 0.6 is 7.92 Å². The van der Waals surface area contributed by atoms with Gasteiger partial charge in [0.25, 0.3) is 0 Å². The Balaban J connectivity index is 0.000000163. The van der Waals surface area contributed by atoms with E-state index in [0.717, 1.165) is 0 Å². The first-order valence-corrected chi connectivity index (χ1v) is 13.3. The molecule has 7 aromatic carbocycles. The Kier molecular flexibility index (Phi) is 7.59. The van der Waals surface area contributed by atoms with Crippen molar-refractivity contribution < 1.29 is 21.7 Å². The van der Waals surface area contributed by atoms with Gasteiger partial charge < -0.3 is 0 Å². The maximum Gasteiger partial charge on any atom is 2.00 e. The second-order valence-corrected chi connectivity index (χ2v) is 10.9. The molecule has 0 amide bonds. The van der Waals surface area contributed by atoms with Gasteiger partial charge in [-0.05, 0) is 18.5 Å². The van der Waals surface area contributed by atoms with Gasteiger partial charge in [0.2, 0.25) is 0 Å². The molecular formula is C34H25PTi. The van der Waals surface area contributed by atoms with Gasteiger partial charge in [-0.2, -0.15) is 6.07 Å². The van der Waals surface area contributed by atoms with Crippen molar-refractivity contribution in [3.05, 3.63) is 152 Å². The zero-order valence-electron chi connectivity index (χ0n) is 19.9. The fourth-order valence-electron chi connectivity index (χ4n) is 4.77. The summed E-state index contributed by atoms with van der Waals surface area (Å²) < 4.78 is 0. The minimum atomic E-state index is -0.493. The standard InChI is InChI=1S/C21H16P.C13H9.Ti/c1-3-11-19(12-4-1)22(20-13-5-2-6-14-20)21-15-17-9-7-8-10-18(17)16-21;1-3-7-12-10(5-1)9-11-6-2-4-8-13(11)12;/h1-16H;1-9H;/q2*-1;+2. The molecular weight excluding hydrogens is 487 g/mol.